The molecule has 0 saturated heterocycles. The fraction of sp³-hybridized carbons (Fsp3) is 0.250. The number of halogens is 3. The maximum Gasteiger partial charge on any atom is 0.405 e. The number of alkyl halides is 3. The quantitative estimate of drug-likeness (QED) is 0.562. The molecule has 10 heteroatoms. The van der Waals surface area contributed by atoms with Crippen molar-refractivity contribution in [2.24, 2.45) is 0 Å². The zero-order valence-electron chi connectivity index (χ0n) is 14.1. The monoisotopic (exact) mass is 382 g/mol. The van der Waals surface area contributed by atoms with Crippen molar-refractivity contribution in [1.29, 1.82) is 0 Å². The Morgan fingerprint density at radius 1 is 1.23 bits per heavy atom. The van der Waals surface area contributed by atoms with E-state index in [2.05, 4.69) is 25.0 Å². The Morgan fingerprint density at radius 3 is 2.77 bits per heavy atom. The lowest BCUT2D eigenvalue weighted by atomic mass is 10.2. The predicted molar refractivity (Wildman–Crippen MR) is 97.9 cm³/mol. The molecule has 3 rings (SSSR count). The number of nitrogens with zero attached hydrogens (tertiary/aromatic N) is 3. The highest BCUT2D eigenvalue weighted by atomic mass is 32.2. The molecule has 3 aromatic rings. The van der Waals surface area contributed by atoms with E-state index in [1.165, 1.54) is 25.3 Å². The molecule has 0 unspecified atom stereocenters. The van der Waals surface area contributed by atoms with Crippen LogP contribution in [0.25, 0.3) is 11.0 Å². The summed E-state index contributed by atoms with van der Waals surface area (Å²) < 4.78 is 41.4. The maximum atomic E-state index is 12.8. The number of hydrogen-bond donors (Lipinski definition) is 3. The Hall–Kier alpha value is -2.46. The molecular formula is C16H17F3N6S. The molecule has 2 heterocycles. The van der Waals surface area contributed by atoms with Crippen LogP contribution in [-0.2, 0) is 0 Å². The summed E-state index contributed by atoms with van der Waals surface area (Å²) in [4.78, 5) is 13.3. The molecule has 6 nitrogen and oxygen atoms in total. The minimum Gasteiger partial charge on any atom is -0.364 e. The zero-order chi connectivity index (χ0) is 18.7. The highest BCUT2D eigenvalue weighted by Crippen LogP contribution is 2.34. The molecule has 0 aliphatic carbocycles. The number of fused-ring (bicyclic) bond motifs is 1. The minimum absolute atomic E-state index is 0.421. The number of benzene rings is 1. The average molecular weight is 382 g/mol. The Bertz CT molecular complexity index is 895. The molecule has 0 saturated carbocycles. The summed E-state index contributed by atoms with van der Waals surface area (Å²) in [5.74, 6) is 0.518. The Kier molecular flexibility index (Phi) is 5.23. The first kappa shape index (κ1) is 18.3. The molecule has 0 atom stereocenters. The molecule has 26 heavy (non-hydrogen) atoms. The van der Waals surface area contributed by atoms with Crippen molar-refractivity contribution in [1.82, 2.24) is 19.7 Å². The van der Waals surface area contributed by atoms with Gasteiger partial charge in [-0.25, -0.2) is 9.97 Å². The molecule has 0 amide bonds. The average Bonchev–Trinajstić information content (AvgIpc) is 3.03. The fourth-order valence-electron chi connectivity index (χ4n) is 2.58. The second-order valence-electron chi connectivity index (χ2n) is 5.54. The van der Waals surface area contributed by atoms with E-state index in [1.807, 2.05) is 6.07 Å². The lowest BCUT2D eigenvalue weighted by Gasteiger charge is -2.24. The van der Waals surface area contributed by atoms with Gasteiger partial charge >= 0.3 is 6.18 Å². The van der Waals surface area contributed by atoms with Crippen LogP contribution in [0.15, 0.2) is 41.7 Å². The van der Waals surface area contributed by atoms with Crippen LogP contribution in [0, 0.1) is 0 Å². The third kappa shape index (κ3) is 4.20. The number of aromatic nitrogens is 3. The van der Waals surface area contributed by atoms with Crippen molar-refractivity contribution >= 4 is 40.2 Å². The van der Waals surface area contributed by atoms with Gasteiger partial charge in [0.25, 0.3) is 0 Å². The summed E-state index contributed by atoms with van der Waals surface area (Å²) in [7, 11) is 3.18. The van der Waals surface area contributed by atoms with Crippen LogP contribution in [0.5, 0.6) is 0 Å². The van der Waals surface area contributed by atoms with Gasteiger partial charge in [0.1, 0.15) is 24.3 Å². The molecule has 0 bridgehead atoms. The van der Waals surface area contributed by atoms with Crippen LogP contribution in [0.1, 0.15) is 0 Å². The highest BCUT2D eigenvalue weighted by molar-refractivity contribution is 7.97. The molecule has 2 aromatic heterocycles. The SMILES string of the molecule is CNSc1ccc(N(C)CC(F)(F)F)c(Nc2ncnc3[nH]ccc23)c1. The molecule has 0 radical (unpaired) electrons. The van der Waals surface area contributed by atoms with E-state index in [4.69, 9.17) is 0 Å². The fourth-order valence-corrected chi connectivity index (χ4v) is 3.13. The van der Waals surface area contributed by atoms with Crippen LogP contribution in [-0.4, -0.2) is 41.8 Å². The van der Waals surface area contributed by atoms with Gasteiger partial charge < -0.3 is 15.2 Å². The third-order valence-corrected chi connectivity index (χ3v) is 4.32. The lowest BCUT2D eigenvalue weighted by Crippen LogP contribution is -2.31. The second-order valence-corrected chi connectivity index (χ2v) is 6.63. The molecule has 1 aromatic carbocycles. The molecular weight excluding hydrogens is 365 g/mol. The minimum atomic E-state index is -4.30. The number of aromatic amines is 1. The van der Waals surface area contributed by atoms with E-state index in [0.29, 0.717) is 22.8 Å². The molecule has 3 N–H and O–H groups in total. The topological polar surface area (TPSA) is 68.9 Å². The molecule has 0 aliphatic rings. The van der Waals surface area contributed by atoms with E-state index >= 15 is 0 Å². The summed E-state index contributed by atoms with van der Waals surface area (Å²) in [6.45, 7) is -1.05. The van der Waals surface area contributed by atoms with Crippen molar-refractivity contribution in [3.63, 3.8) is 0 Å². The van der Waals surface area contributed by atoms with Gasteiger partial charge in [0, 0.05) is 18.1 Å². The second kappa shape index (κ2) is 7.42. The van der Waals surface area contributed by atoms with Crippen molar-refractivity contribution in [3.05, 3.63) is 36.8 Å². The maximum absolute atomic E-state index is 12.8. The summed E-state index contributed by atoms with van der Waals surface area (Å²) in [5.41, 5.74) is 1.59. The molecule has 0 aliphatic heterocycles. The Morgan fingerprint density at radius 2 is 2.04 bits per heavy atom. The van der Waals surface area contributed by atoms with Crippen LogP contribution in [0.2, 0.25) is 0 Å². The zero-order valence-corrected chi connectivity index (χ0v) is 14.9. The summed E-state index contributed by atoms with van der Waals surface area (Å²) >= 11 is 1.37. The van der Waals surface area contributed by atoms with Gasteiger partial charge in [0.2, 0.25) is 0 Å². The first-order valence-electron chi connectivity index (χ1n) is 7.68. The number of hydrogen-bond acceptors (Lipinski definition) is 6. The summed E-state index contributed by atoms with van der Waals surface area (Å²) in [6, 6.07) is 7.01. The van der Waals surface area contributed by atoms with Gasteiger partial charge in [0.05, 0.1) is 16.8 Å². The van der Waals surface area contributed by atoms with Gasteiger partial charge in [-0.1, -0.05) is 0 Å². The van der Waals surface area contributed by atoms with Gasteiger partial charge in [-0.3, -0.25) is 4.72 Å². The largest absolute Gasteiger partial charge is 0.405 e. The Labute approximate surface area is 152 Å². The smallest absolute Gasteiger partial charge is 0.364 e. The first-order chi connectivity index (χ1) is 12.4. The van der Waals surface area contributed by atoms with Crippen molar-refractivity contribution < 1.29 is 13.2 Å². The first-order valence-corrected chi connectivity index (χ1v) is 8.49. The van der Waals surface area contributed by atoms with Gasteiger partial charge in [0.15, 0.2) is 0 Å². The normalized spacial score (nSPS) is 11.7. The van der Waals surface area contributed by atoms with Crippen molar-refractivity contribution in [2.45, 2.75) is 11.1 Å². The van der Waals surface area contributed by atoms with E-state index in [1.54, 1.807) is 31.4 Å². The standard InChI is InChI=1S/C16H17F3N6S/c1-20-26-10-3-4-13(25(2)8-16(17,18)19)12(7-10)24-15-11-5-6-21-14(11)22-9-23-15/h3-7,9,20H,8H2,1-2H3,(H2,21,22,23,24). The van der Waals surface area contributed by atoms with Crippen LogP contribution < -0.4 is 14.9 Å². The Balaban J connectivity index is 1.99. The number of nitrogens with one attached hydrogen (secondary N) is 3. The van der Waals surface area contributed by atoms with Gasteiger partial charge in [-0.05, 0) is 43.3 Å². The van der Waals surface area contributed by atoms with Crippen LogP contribution >= 0.6 is 11.9 Å². The van der Waals surface area contributed by atoms with E-state index < -0.39 is 12.7 Å². The van der Waals surface area contributed by atoms with Gasteiger partial charge in [-0.15, -0.1) is 0 Å². The summed E-state index contributed by atoms with van der Waals surface area (Å²) in [6.07, 6.45) is -1.17. The number of anilines is 3. The molecule has 0 fully saturated rings. The lowest BCUT2D eigenvalue weighted by molar-refractivity contribution is -0.119. The molecule has 0 spiro atoms. The van der Waals surface area contributed by atoms with E-state index in [9.17, 15) is 13.2 Å². The number of rotatable bonds is 6. The van der Waals surface area contributed by atoms with E-state index in [-0.39, 0.29) is 0 Å². The van der Waals surface area contributed by atoms with Crippen molar-refractivity contribution in [2.75, 3.05) is 30.9 Å². The van der Waals surface area contributed by atoms with Crippen molar-refractivity contribution in [3.8, 4) is 0 Å². The molecule has 138 valence electrons. The summed E-state index contributed by atoms with van der Waals surface area (Å²) in [5, 5.41) is 3.90. The third-order valence-electron chi connectivity index (χ3n) is 3.62. The van der Waals surface area contributed by atoms with Crippen LogP contribution in [0.4, 0.5) is 30.4 Å². The van der Waals surface area contributed by atoms with Crippen LogP contribution in [0.3, 0.4) is 0 Å². The van der Waals surface area contributed by atoms with Gasteiger partial charge in [-0.2, -0.15) is 13.2 Å². The highest BCUT2D eigenvalue weighted by Gasteiger charge is 2.30. The predicted octanol–water partition coefficient (Wildman–Crippen LogP) is 3.93. The number of H-pyrrole nitrogens is 1. The van der Waals surface area contributed by atoms with E-state index in [0.717, 1.165) is 15.2 Å².